The first-order chi connectivity index (χ1) is 10.2. The molecule has 0 saturated heterocycles. The standard InChI is InChI=1S/C17H24O5/c1-9(18)22-13-12(19)10-8-21-15(20)11(10)17(4)7-5-6-16(2,3)14(13)17/h12-14,19H,5-8H2,1-4H3/t12-,13-,14+,17-/m1/s1. The quantitative estimate of drug-likeness (QED) is 0.750. The van der Waals surface area contributed by atoms with Gasteiger partial charge in [0.25, 0.3) is 0 Å². The van der Waals surface area contributed by atoms with Gasteiger partial charge in [0.1, 0.15) is 18.8 Å². The van der Waals surface area contributed by atoms with E-state index in [1.165, 1.54) is 6.92 Å². The van der Waals surface area contributed by atoms with E-state index in [4.69, 9.17) is 9.47 Å². The lowest BCUT2D eigenvalue weighted by Gasteiger charge is -2.56. The molecule has 122 valence electrons. The Morgan fingerprint density at radius 3 is 2.64 bits per heavy atom. The minimum absolute atomic E-state index is 0.1000. The Hall–Kier alpha value is -1.36. The average molecular weight is 308 g/mol. The van der Waals surface area contributed by atoms with Crippen LogP contribution in [0.3, 0.4) is 0 Å². The lowest BCUT2D eigenvalue weighted by molar-refractivity contribution is -0.173. The maximum absolute atomic E-state index is 12.3. The highest BCUT2D eigenvalue weighted by Gasteiger charge is 2.61. The molecule has 0 bridgehead atoms. The van der Waals surface area contributed by atoms with E-state index in [0.29, 0.717) is 11.1 Å². The molecule has 1 aliphatic heterocycles. The number of rotatable bonds is 1. The molecule has 3 aliphatic rings. The second-order valence-corrected chi connectivity index (χ2v) is 7.73. The van der Waals surface area contributed by atoms with Gasteiger partial charge in [-0.3, -0.25) is 4.79 Å². The van der Waals surface area contributed by atoms with Crippen LogP contribution in [0.1, 0.15) is 47.0 Å². The number of carbonyl (C=O) groups excluding carboxylic acids is 2. The van der Waals surface area contributed by atoms with Crippen molar-refractivity contribution in [2.45, 2.75) is 59.2 Å². The lowest BCUT2D eigenvalue weighted by Crippen LogP contribution is -2.58. The number of aliphatic hydroxyl groups excluding tert-OH is 1. The van der Waals surface area contributed by atoms with Crippen molar-refractivity contribution < 1.29 is 24.2 Å². The van der Waals surface area contributed by atoms with Crippen LogP contribution in [0.4, 0.5) is 0 Å². The van der Waals surface area contributed by atoms with Gasteiger partial charge in [0.15, 0.2) is 0 Å². The van der Waals surface area contributed by atoms with Crippen LogP contribution in [0.15, 0.2) is 11.1 Å². The van der Waals surface area contributed by atoms with E-state index in [-0.39, 0.29) is 23.9 Å². The van der Waals surface area contributed by atoms with Gasteiger partial charge in [-0.05, 0) is 18.3 Å². The third-order valence-electron chi connectivity index (χ3n) is 5.80. The van der Waals surface area contributed by atoms with Gasteiger partial charge in [0, 0.05) is 29.4 Å². The Labute approximate surface area is 130 Å². The maximum atomic E-state index is 12.3. The molecule has 5 nitrogen and oxygen atoms in total. The normalized spacial score (nSPS) is 39.9. The van der Waals surface area contributed by atoms with Crippen molar-refractivity contribution in [1.29, 1.82) is 0 Å². The smallest absolute Gasteiger partial charge is 0.335 e. The second kappa shape index (κ2) is 4.82. The van der Waals surface area contributed by atoms with Crippen LogP contribution in [0.25, 0.3) is 0 Å². The SMILES string of the molecule is CC(=O)O[C@@H]1[C@H](O)C2=C(C(=O)OC2)[C@@]2(C)CCCC(C)(C)[C@H]12. The van der Waals surface area contributed by atoms with E-state index in [1.54, 1.807) is 0 Å². The summed E-state index contributed by atoms with van der Waals surface area (Å²) in [7, 11) is 0. The van der Waals surface area contributed by atoms with E-state index in [9.17, 15) is 14.7 Å². The highest BCUT2D eigenvalue weighted by Crippen LogP contribution is 2.61. The molecule has 5 heteroatoms. The van der Waals surface area contributed by atoms with E-state index in [2.05, 4.69) is 20.8 Å². The van der Waals surface area contributed by atoms with Crippen LogP contribution in [0.5, 0.6) is 0 Å². The average Bonchev–Trinajstić information content (AvgIpc) is 2.77. The zero-order valence-corrected chi connectivity index (χ0v) is 13.6. The number of carbonyl (C=O) groups is 2. The van der Waals surface area contributed by atoms with Gasteiger partial charge in [-0.15, -0.1) is 0 Å². The third-order valence-corrected chi connectivity index (χ3v) is 5.80. The minimum atomic E-state index is -0.958. The fraction of sp³-hybridized carbons (Fsp3) is 0.765. The topological polar surface area (TPSA) is 72.8 Å². The van der Waals surface area contributed by atoms with Crippen LogP contribution in [-0.4, -0.2) is 35.9 Å². The van der Waals surface area contributed by atoms with Crippen molar-refractivity contribution in [3.8, 4) is 0 Å². The van der Waals surface area contributed by atoms with Crippen LogP contribution in [0, 0.1) is 16.7 Å². The first-order valence-corrected chi connectivity index (χ1v) is 7.94. The molecule has 0 spiro atoms. The Bertz CT molecular complexity index is 561. The Kier molecular flexibility index (Phi) is 3.40. The van der Waals surface area contributed by atoms with Crippen LogP contribution < -0.4 is 0 Å². The van der Waals surface area contributed by atoms with Crippen molar-refractivity contribution in [3.05, 3.63) is 11.1 Å². The van der Waals surface area contributed by atoms with Crippen molar-refractivity contribution >= 4 is 11.9 Å². The molecule has 1 N–H and O–H groups in total. The van der Waals surface area contributed by atoms with Crippen LogP contribution in [0.2, 0.25) is 0 Å². The fourth-order valence-corrected chi connectivity index (χ4v) is 5.13. The molecule has 1 saturated carbocycles. The lowest BCUT2D eigenvalue weighted by atomic mass is 9.49. The summed E-state index contributed by atoms with van der Waals surface area (Å²) in [5.74, 6) is -0.820. The number of hydrogen-bond donors (Lipinski definition) is 1. The van der Waals surface area contributed by atoms with E-state index < -0.39 is 23.6 Å². The zero-order chi connectivity index (χ0) is 16.3. The Morgan fingerprint density at radius 1 is 1.32 bits per heavy atom. The van der Waals surface area contributed by atoms with Gasteiger partial charge in [-0.1, -0.05) is 27.2 Å². The first-order valence-electron chi connectivity index (χ1n) is 7.94. The minimum Gasteiger partial charge on any atom is -0.459 e. The van der Waals surface area contributed by atoms with Crippen LogP contribution >= 0.6 is 0 Å². The van der Waals surface area contributed by atoms with Gasteiger partial charge in [0.05, 0.1) is 0 Å². The van der Waals surface area contributed by atoms with E-state index in [0.717, 1.165) is 19.3 Å². The molecule has 22 heavy (non-hydrogen) atoms. The monoisotopic (exact) mass is 308 g/mol. The number of cyclic esters (lactones) is 1. The number of hydrogen-bond acceptors (Lipinski definition) is 5. The summed E-state index contributed by atoms with van der Waals surface area (Å²) in [5, 5.41) is 10.7. The molecule has 0 unspecified atom stereocenters. The van der Waals surface area contributed by atoms with Gasteiger partial charge in [-0.2, -0.15) is 0 Å². The summed E-state index contributed by atoms with van der Waals surface area (Å²) < 4.78 is 10.7. The Morgan fingerprint density at radius 2 is 2.00 bits per heavy atom. The number of ether oxygens (including phenoxy) is 2. The fourth-order valence-electron chi connectivity index (χ4n) is 5.13. The predicted molar refractivity (Wildman–Crippen MR) is 78.8 cm³/mol. The molecule has 1 heterocycles. The number of aliphatic hydroxyl groups is 1. The van der Waals surface area contributed by atoms with Gasteiger partial charge in [-0.25, -0.2) is 4.79 Å². The zero-order valence-electron chi connectivity index (χ0n) is 13.6. The molecule has 2 aliphatic carbocycles. The molecular formula is C17H24O5. The summed E-state index contributed by atoms with van der Waals surface area (Å²) in [6.07, 6.45) is 1.26. The van der Waals surface area contributed by atoms with Crippen molar-refractivity contribution in [2.75, 3.05) is 6.61 Å². The number of fused-ring (bicyclic) bond motifs is 2. The molecule has 0 aromatic rings. The summed E-state index contributed by atoms with van der Waals surface area (Å²) >= 11 is 0. The van der Waals surface area contributed by atoms with Gasteiger partial charge < -0.3 is 14.6 Å². The largest absolute Gasteiger partial charge is 0.459 e. The summed E-state index contributed by atoms with van der Waals surface area (Å²) in [5.41, 5.74) is 0.688. The van der Waals surface area contributed by atoms with Gasteiger partial charge >= 0.3 is 11.9 Å². The van der Waals surface area contributed by atoms with Gasteiger partial charge in [0.2, 0.25) is 0 Å². The summed E-state index contributed by atoms with van der Waals surface area (Å²) in [4.78, 5) is 23.8. The van der Waals surface area contributed by atoms with Crippen molar-refractivity contribution in [1.82, 2.24) is 0 Å². The highest BCUT2D eigenvalue weighted by molar-refractivity contribution is 5.94. The maximum Gasteiger partial charge on any atom is 0.335 e. The Balaban J connectivity index is 2.16. The van der Waals surface area contributed by atoms with Crippen molar-refractivity contribution in [3.63, 3.8) is 0 Å². The molecule has 0 aromatic heterocycles. The van der Waals surface area contributed by atoms with Crippen LogP contribution in [-0.2, 0) is 19.1 Å². The first kappa shape index (κ1) is 15.5. The molecule has 1 fully saturated rings. The molecule has 0 aromatic carbocycles. The predicted octanol–water partition coefficient (Wildman–Crippen LogP) is 1.98. The van der Waals surface area contributed by atoms with Crippen molar-refractivity contribution in [2.24, 2.45) is 16.7 Å². The molecule has 0 radical (unpaired) electrons. The molecule has 4 atom stereocenters. The number of esters is 2. The van der Waals surface area contributed by atoms with E-state index in [1.807, 2.05) is 0 Å². The summed E-state index contributed by atoms with van der Waals surface area (Å²) in [6.45, 7) is 7.78. The molecule has 0 amide bonds. The van der Waals surface area contributed by atoms with E-state index >= 15 is 0 Å². The molecular weight excluding hydrogens is 284 g/mol. The molecule has 3 rings (SSSR count). The second-order valence-electron chi connectivity index (χ2n) is 7.73. The third kappa shape index (κ3) is 2.02. The highest BCUT2D eigenvalue weighted by atomic mass is 16.6. The summed E-state index contributed by atoms with van der Waals surface area (Å²) in [6, 6.07) is 0.